The van der Waals surface area contributed by atoms with Crippen LogP contribution in [0.5, 0.6) is 0 Å². The molecule has 0 aliphatic rings. The number of rotatable bonds is 4. The van der Waals surface area contributed by atoms with Crippen LogP contribution in [0.3, 0.4) is 0 Å². The second-order valence-electron chi connectivity index (χ2n) is 4.99. The van der Waals surface area contributed by atoms with Crippen LogP contribution >= 0.6 is 12.2 Å². The second kappa shape index (κ2) is 7.02. The molecule has 23 heavy (non-hydrogen) atoms. The molecule has 2 N–H and O–H groups in total. The van der Waals surface area contributed by atoms with Crippen molar-refractivity contribution in [3.05, 3.63) is 78.4 Å². The fraction of sp³-hybridized carbons (Fsp3) is 0.0588. The van der Waals surface area contributed by atoms with E-state index in [4.69, 9.17) is 12.2 Å². The van der Waals surface area contributed by atoms with Crippen LogP contribution < -0.4 is 10.6 Å². The van der Waals surface area contributed by atoms with Crippen molar-refractivity contribution >= 4 is 28.7 Å². The van der Waals surface area contributed by atoms with Crippen molar-refractivity contribution in [2.45, 2.75) is 6.54 Å². The molecule has 1 heterocycles. The Morgan fingerprint density at radius 2 is 1.61 bits per heavy atom. The van der Waals surface area contributed by atoms with Crippen LogP contribution in [0, 0.1) is 5.82 Å². The molecule has 0 bridgehead atoms. The molecule has 0 saturated carbocycles. The van der Waals surface area contributed by atoms with E-state index < -0.39 is 0 Å². The maximum atomic E-state index is 12.9. The lowest BCUT2D eigenvalue weighted by Crippen LogP contribution is -2.19. The van der Waals surface area contributed by atoms with Gasteiger partial charge in [0.05, 0.1) is 6.54 Å². The fourth-order valence-electron chi connectivity index (χ4n) is 2.10. The van der Waals surface area contributed by atoms with E-state index in [0.717, 1.165) is 23.5 Å². The van der Waals surface area contributed by atoms with E-state index >= 15 is 0 Å². The van der Waals surface area contributed by atoms with Gasteiger partial charge in [0.1, 0.15) is 5.82 Å². The summed E-state index contributed by atoms with van der Waals surface area (Å²) >= 11 is 5.25. The molecule has 2 aromatic carbocycles. The van der Waals surface area contributed by atoms with Crippen molar-refractivity contribution < 1.29 is 4.39 Å². The van der Waals surface area contributed by atoms with Gasteiger partial charge in [-0.1, -0.05) is 12.1 Å². The summed E-state index contributed by atoms with van der Waals surface area (Å²) in [6.07, 6.45) is 3.68. The van der Waals surface area contributed by atoms with Gasteiger partial charge in [-0.25, -0.2) is 4.39 Å². The Balaban J connectivity index is 1.57. The zero-order valence-corrected chi connectivity index (χ0v) is 13.1. The van der Waals surface area contributed by atoms with E-state index in [9.17, 15) is 4.39 Å². The summed E-state index contributed by atoms with van der Waals surface area (Å²) in [5.41, 5.74) is 2.77. The van der Waals surface area contributed by atoms with Gasteiger partial charge < -0.3 is 10.6 Å². The molecule has 0 fully saturated rings. The summed E-state index contributed by atoms with van der Waals surface area (Å²) in [7, 11) is 0. The number of nitrogens with zero attached hydrogens (tertiary/aromatic N) is 2. The molecule has 116 valence electrons. The van der Waals surface area contributed by atoms with E-state index in [1.165, 1.54) is 12.1 Å². The van der Waals surface area contributed by atoms with Crippen molar-refractivity contribution in [3.8, 4) is 0 Å². The van der Waals surface area contributed by atoms with Crippen LogP contribution in [0.1, 0.15) is 5.56 Å². The minimum Gasteiger partial charge on any atom is -0.332 e. The molecule has 0 amide bonds. The zero-order valence-electron chi connectivity index (χ0n) is 12.2. The SMILES string of the molecule is Fc1ccc(NC(=S)Nc2ccc(Cn3cccn3)cc2)cc1. The molecule has 0 atom stereocenters. The maximum Gasteiger partial charge on any atom is 0.175 e. The Morgan fingerprint density at radius 1 is 1.00 bits per heavy atom. The first-order valence-corrected chi connectivity index (χ1v) is 7.50. The van der Waals surface area contributed by atoms with E-state index in [1.807, 2.05) is 41.2 Å². The molecular formula is C17H15FN4S. The van der Waals surface area contributed by atoms with Crippen molar-refractivity contribution in [2.24, 2.45) is 0 Å². The lowest BCUT2D eigenvalue weighted by molar-refractivity contribution is 0.628. The maximum absolute atomic E-state index is 12.9. The molecule has 0 unspecified atom stereocenters. The molecule has 6 heteroatoms. The first-order chi connectivity index (χ1) is 11.2. The van der Waals surface area contributed by atoms with Crippen LogP contribution in [0.25, 0.3) is 0 Å². The average molecular weight is 326 g/mol. The zero-order chi connectivity index (χ0) is 16.1. The molecular weight excluding hydrogens is 311 g/mol. The van der Waals surface area contributed by atoms with Gasteiger partial charge in [0.15, 0.2) is 5.11 Å². The molecule has 0 aliphatic carbocycles. The molecule has 4 nitrogen and oxygen atoms in total. The number of hydrogen-bond donors (Lipinski definition) is 2. The predicted molar refractivity (Wildman–Crippen MR) is 94.0 cm³/mol. The third-order valence-electron chi connectivity index (χ3n) is 3.22. The normalized spacial score (nSPS) is 10.3. The summed E-state index contributed by atoms with van der Waals surface area (Å²) < 4.78 is 14.7. The largest absolute Gasteiger partial charge is 0.332 e. The third kappa shape index (κ3) is 4.37. The highest BCUT2D eigenvalue weighted by molar-refractivity contribution is 7.80. The third-order valence-corrected chi connectivity index (χ3v) is 3.42. The standard InChI is InChI=1S/C17H15FN4S/c18-14-4-8-16(9-5-14)21-17(23)20-15-6-2-13(3-7-15)12-22-11-1-10-19-22/h1-11H,12H2,(H2,20,21,23). The predicted octanol–water partition coefficient (Wildman–Crippen LogP) is 3.88. The number of aromatic nitrogens is 2. The van der Waals surface area contributed by atoms with Crippen molar-refractivity contribution in [1.82, 2.24) is 9.78 Å². The Hall–Kier alpha value is -2.73. The number of benzene rings is 2. The molecule has 3 aromatic rings. The van der Waals surface area contributed by atoms with Gasteiger partial charge in [0, 0.05) is 23.8 Å². The van der Waals surface area contributed by atoms with Gasteiger partial charge >= 0.3 is 0 Å². The highest BCUT2D eigenvalue weighted by Gasteiger charge is 2.01. The van der Waals surface area contributed by atoms with Crippen LogP contribution in [0.2, 0.25) is 0 Å². The van der Waals surface area contributed by atoms with Gasteiger partial charge in [0.2, 0.25) is 0 Å². The number of halogens is 1. The van der Waals surface area contributed by atoms with Crippen LogP contribution in [0.4, 0.5) is 15.8 Å². The number of anilines is 2. The monoisotopic (exact) mass is 326 g/mol. The highest BCUT2D eigenvalue weighted by Crippen LogP contribution is 2.13. The first-order valence-electron chi connectivity index (χ1n) is 7.09. The second-order valence-corrected chi connectivity index (χ2v) is 5.39. The lowest BCUT2D eigenvalue weighted by atomic mass is 10.2. The Labute approximate surface area is 139 Å². The highest BCUT2D eigenvalue weighted by atomic mass is 32.1. The van der Waals surface area contributed by atoms with Gasteiger partial charge in [-0.05, 0) is 60.2 Å². The van der Waals surface area contributed by atoms with Crippen LogP contribution in [0.15, 0.2) is 67.0 Å². The van der Waals surface area contributed by atoms with Gasteiger partial charge in [-0.2, -0.15) is 5.10 Å². The smallest absolute Gasteiger partial charge is 0.175 e. The summed E-state index contributed by atoms with van der Waals surface area (Å²) in [5.74, 6) is -0.276. The number of thiocarbonyl (C=S) groups is 1. The van der Waals surface area contributed by atoms with E-state index in [2.05, 4.69) is 15.7 Å². The Morgan fingerprint density at radius 3 is 2.17 bits per heavy atom. The van der Waals surface area contributed by atoms with Crippen LogP contribution in [-0.4, -0.2) is 14.9 Å². The lowest BCUT2D eigenvalue weighted by Gasteiger charge is -2.11. The Bertz CT molecular complexity index is 767. The van der Waals surface area contributed by atoms with E-state index in [0.29, 0.717) is 5.11 Å². The topological polar surface area (TPSA) is 41.9 Å². The molecule has 0 aliphatic heterocycles. The quantitative estimate of drug-likeness (QED) is 0.714. The summed E-state index contributed by atoms with van der Waals surface area (Å²) in [6, 6.07) is 15.9. The van der Waals surface area contributed by atoms with Gasteiger partial charge in [-0.3, -0.25) is 4.68 Å². The minimum atomic E-state index is -0.276. The number of hydrogen-bond acceptors (Lipinski definition) is 2. The Kier molecular flexibility index (Phi) is 4.63. The molecule has 3 rings (SSSR count). The molecule has 0 saturated heterocycles. The minimum absolute atomic E-state index is 0.276. The summed E-state index contributed by atoms with van der Waals surface area (Å²) in [6.45, 7) is 0.728. The molecule has 0 spiro atoms. The van der Waals surface area contributed by atoms with Crippen molar-refractivity contribution in [3.63, 3.8) is 0 Å². The van der Waals surface area contributed by atoms with Crippen molar-refractivity contribution in [1.29, 1.82) is 0 Å². The summed E-state index contributed by atoms with van der Waals surface area (Å²) in [4.78, 5) is 0. The molecule has 0 radical (unpaired) electrons. The van der Waals surface area contributed by atoms with Gasteiger partial charge in [-0.15, -0.1) is 0 Å². The van der Waals surface area contributed by atoms with Crippen molar-refractivity contribution in [2.75, 3.05) is 10.6 Å². The fourth-order valence-corrected chi connectivity index (χ4v) is 2.34. The molecule has 1 aromatic heterocycles. The average Bonchev–Trinajstić information content (AvgIpc) is 3.04. The van der Waals surface area contributed by atoms with E-state index in [1.54, 1.807) is 18.3 Å². The van der Waals surface area contributed by atoms with Gasteiger partial charge in [0.25, 0.3) is 0 Å². The van der Waals surface area contributed by atoms with E-state index in [-0.39, 0.29) is 5.82 Å². The first kappa shape index (κ1) is 15.2. The number of nitrogens with one attached hydrogen (secondary N) is 2. The summed E-state index contributed by atoms with van der Waals surface area (Å²) in [5, 5.41) is 10.7. The van der Waals surface area contributed by atoms with Crippen LogP contribution in [-0.2, 0) is 6.54 Å².